The lowest BCUT2D eigenvalue weighted by atomic mass is 10.1. The summed E-state index contributed by atoms with van der Waals surface area (Å²) in [5.41, 5.74) is -0.754. The molecular weight excluding hydrogens is 166 g/mol. The summed E-state index contributed by atoms with van der Waals surface area (Å²) in [7, 11) is 0. The van der Waals surface area contributed by atoms with E-state index in [4.69, 9.17) is 4.74 Å². The van der Waals surface area contributed by atoms with Gasteiger partial charge in [0.25, 0.3) is 0 Å². The summed E-state index contributed by atoms with van der Waals surface area (Å²) >= 11 is 0. The molecule has 3 nitrogen and oxygen atoms in total. The molecule has 13 heavy (non-hydrogen) atoms. The van der Waals surface area contributed by atoms with Gasteiger partial charge in [-0.25, -0.2) is 0 Å². The van der Waals surface area contributed by atoms with Crippen LogP contribution in [0.25, 0.3) is 0 Å². The van der Waals surface area contributed by atoms with E-state index < -0.39 is 5.60 Å². The lowest BCUT2D eigenvalue weighted by Gasteiger charge is -2.21. The first kappa shape index (κ1) is 9.99. The van der Waals surface area contributed by atoms with Gasteiger partial charge in [-0.3, -0.25) is 4.98 Å². The van der Waals surface area contributed by atoms with E-state index in [1.807, 2.05) is 13.0 Å². The minimum Gasteiger partial charge on any atom is -0.489 e. The van der Waals surface area contributed by atoms with E-state index in [1.54, 1.807) is 25.4 Å². The maximum Gasteiger partial charge on any atom is 0.137 e. The SMILES string of the molecule is CCC(C)(O)COc1cccnc1. The van der Waals surface area contributed by atoms with Crippen molar-refractivity contribution >= 4 is 0 Å². The van der Waals surface area contributed by atoms with Gasteiger partial charge in [0.05, 0.1) is 11.8 Å². The Labute approximate surface area is 78.4 Å². The number of nitrogens with zero attached hydrogens (tertiary/aromatic N) is 1. The fourth-order valence-corrected chi connectivity index (χ4v) is 0.773. The number of aromatic nitrogens is 1. The minimum absolute atomic E-state index is 0.301. The van der Waals surface area contributed by atoms with Crippen LogP contribution in [0, 0.1) is 0 Å². The number of aliphatic hydroxyl groups is 1. The number of ether oxygens (including phenoxy) is 1. The summed E-state index contributed by atoms with van der Waals surface area (Å²) in [6.45, 7) is 3.98. The van der Waals surface area contributed by atoms with Crippen molar-refractivity contribution in [3.05, 3.63) is 24.5 Å². The highest BCUT2D eigenvalue weighted by Gasteiger charge is 2.18. The fourth-order valence-electron chi connectivity index (χ4n) is 0.773. The van der Waals surface area contributed by atoms with Crippen molar-refractivity contribution in [1.82, 2.24) is 4.98 Å². The van der Waals surface area contributed by atoms with E-state index in [-0.39, 0.29) is 0 Å². The van der Waals surface area contributed by atoms with Gasteiger partial charge >= 0.3 is 0 Å². The van der Waals surface area contributed by atoms with Crippen molar-refractivity contribution in [2.45, 2.75) is 25.9 Å². The zero-order valence-electron chi connectivity index (χ0n) is 8.03. The van der Waals surface area contributed by atoms with Crippen molar-refractivity contribution in [3.8, 4) is 5.75 Å². The van der Waals surface area contributed by atoms with Crippen molar-refractivity contribution in [3.63, 3.8) is 0 Å². The Morgan fingerprint density at radius 2 is 2.38 bits per heavy atom. The van der Waals surface area contributed by atoms with Crippen LogP contribution in [0.1, 0.15) is 20.3 Å². The van der Waals surface area contributed by atoms with Crippen LogP contribution < -0.4 is 4.74 Å². The highest BCUT2D eigenvalue weighted by molar-refractivity contribution is 5.15. The van der Waals surface area contributed by atoms with Crippen LogP contribution in [-0.2, 0) is 0 Å². The molecule has 0 aromatic carbocycles. The predicted molar refractivity (Wildman–Crippen MR) is 50.6 cm³/mol. The molecule has 1 heterocycles. The van der Waals surface area contributed by atoms with Crippen molar-refractivity contribution in [2.75, 3.05) is 6.61 Å². The van der Waals surface area contributed by atoms with Crippen LogP contribution in [0.15, 0.2) is 24.5 Å². The normalized spacial score (nSPS) is 15.0. The molecule has 3 heteroatoms. The highest BCUT2D eigenvalue weighted by Crippen LogP contribution is 2.12. The molecule has 0 saturated carbocycles. The Balaban J connectivity index is 2.44. The van der Waals surface area contributed by atoms with E-state index in [0.717, 1.165) is 0 Å². The largest absolute Gasteiger partial charge is 0.489 e. The second-order valence-corrected chi connectivity index (χ2v) is 3.33. The third-order valence-electron chi connectivity index (χ3n) is 1.95. The van der Waals surface area contributed by atoms with Crippen LogP contribution in [0.3, 0.4) is 0 Å². The van der Waals surface area contributed by atoms with Gasteiger partial charge in [0.2, 0.25) is 0 Å². The molecule has 1 rings (SSSR count). The fraction of sp³-hybridized carbons (Fsp3) is 0.500. The zero-order valence-corrected chi connectivity index (χ0v) is 8.03. The first-order chi connectivity index (χ1) is 6.14. The monoisotopic (exact) mass is 181 g/mol. The summed E-state index contributed by atoms with van der Waals surface area (Å²) in [6, 6.07) is 3.62. The van der Waals surface area contributed by atoms with Gasteiger partial charge in [-0.05, 0) is 25.5 Å². The van der Waals surface area contributed by atoms with Crippen LogP contribution in [0.2, 0.25) is 0 Å². The third-order valence-corrected chi connectivity index (χ3v) is 1.95. The summed E-state index contributed by atoms with van der Waals surface area (Å²) in [6.07, 6.45) is 3.99. The van der Waals surface area contributed by atoms with Gasteiger partial charge in [0.1, 0.15) is 12.4 Å². The average molecular weight is 181 g/mol. The highest BCUT2D eigenvalue weighted by atomic mass is 16.5. The molecular formula is C10H15NO2. The second kappa shape index (κ2) is 4.23. The van der Waals surface area contributed by atoms with Gasteiger partial charge in [-0.15, -0.1) is 0 Å². The molecule has 0 fully saturated rings. The third kappa shape index (κ3) is 3.42. The molecule has 0 bridgehead atoms. The maximum absolute atomic E-state index is 9.64. The Bertz CT molecular complexity index is 246. The predicted octanol–water partition coefficient (Wildman–Crippen LogP) is 1.62. The molecule has 0 amide bonds. The molecule has 1 aromatic rings. The molecule has 1 aromatic heterocycles. The van der Waals surface area contributed by atoms with E-state index in [0.29, 0.717) is 18.8 Å². The molecule has 0 radical (unpaired) electrons. The summed E-state index contributed by atoms with van der Waals surface area (Å²) in [4.78, 5) is 3.90. The quantitative estimate of drug-likeness (QED) is 0.767. The molecule has 1 unspecified atom stereocenters. The maximum atomic E-state index is 9.64. The van der Waals surface area contributed by atoms with Gasteiger partial charge < -0.3 is 9.84 Å². The molecule has 0 aliphatic carbocycles. The summed E-state index contributed by atoms with van der Waals surface area (Å²) < 4.78 is 5.35. The number of rotatable bonds is 4. The lowest BCUT2D eigenvalue weighted by Crippen LogP contribution is -2.31. The molecule has 0 saturated heterocycles. The van der Waals surface area contributed by atoms with Gasteiger partial charge in [-0.1, -0.05) is 6.92 Å². The zero-order chi connectivity index (χ0) is 9.73. The molecule has 0 aliphatic heterocycles. The Hall–Kier alpha value is -1.09. The number of hydrogen-bond donors (Lipinski definition) is 1. The Kier molecular flexibility index (Phi) is 3.25. The van der Waals surface area contributed by atoms with Crippen molar-refractivity contribution in [2.24, 2.45) is 0 Å². The number of pyridine rings is 1. The average Bonchev–Trinajstić information content (AvgIpc) is 2.17. The summed E-state index contributed by atoms with van der Waals surface area (Å²) in [5, 5.41) is 9.64. The van der Waals surface area contributed by atoms with Crippen molar-refractivity contribution in [1.29, 1.82) is 0 Å². The number of hydrogen-bond acceptors (Lipinski definition) is 3. The topological polar surface area (TPSA) is 42.4 Å². The van der Waals surface area contributed by atoms with E-state index in [9.17, 15) is 5.11 Å². The van der Waals surface area contributed by atoms with Gasteiger partial charge in [-0.2, -0.15) is 0 Å². The van der Waals surface area contributed by atoms with E-state index >= 15 is 0 Å². The van der Waals surface area contributed by atoms with Crippen molar-refractivity contribution < 1.29 is 9.84 Å². The minimum atomic E-state index is -0.754. The van der Waals surface area contributed by atoms with Gasteiger partial charge in [0.15, 0.2) is 0 Å². The molecule has 1 atom stereocenters. The van der Waals surface area contributed by atoms with Crippen LogP contribution in [0.4, 0.5) is 0 Å². The standard InChI is InChI=1S/C10H15NO2/c1-3-10(2,12)8-13-9-5-4-6-11-7-9/h4-7,12H,3,8H2,1-2H3. The smallest absolute Gasteiger partial charge is 0.137 e. The molecule has 0 spiro atoms. The van der Waals surface area contributed by atoms with Gasteiger partial charge in [0, 0.05) is 6.20 Å². The molecule has 0 aliphatic rings. The summed E-state index contributed by atoms with van der Waals surface area (Å²) in [5.74, 6) is 0.691. The Morgan fingerprint density at radius 3 is 2.92 bits per heavy atom. The first-order valence-corrected chi connectivity index (χ1v) is 4.39. The van der Waals surface area contributed by atoms with Crippen LogP contribution >= 0.6 is 0 Å². The van der Waals surface area contributed by atoms with E-state index in [1.165, 1.54) is 0 Å². The van der Waals surface area contributed by atoms with Crippen LogP contribution in [-0.4, -0.2) is 22.3 Å². The first-order valence-electron chi connectivity index (χ1n) is 4.39. The van der Waals surface area contributed by atoms with Crippen LogP contribution in [0.5, 0.6) is 5.75 Å². The second-order valence-electron chi connectivity index (χ2n) is 3.33. The van der Waals surface area contributed by atoms with E-state index in [2.05, 4.69) is 4.98 Å². The molecule has 72 valence electrons. The Morgan fingerprint density at radius 1 is 1.62 bits per heavy atom. The lowest BCUT2D eigenvalue weighted by molar-refractivity contribution is 0.00836. The molecule has 1 N–H and O–H groups in total.